The van der Waals surface area contributed by atoms with Gasteiger partial charge < -0.3 is 9.32 Å². The normalized spacial score (nSPS) is 16.9. The fourth-order valence-electron chi connectivity index (χ4n) is 3.60. The third kappa shape index (κ3) is 3.96. The van der Waals surface area contributed by atoms with Gasteiger partial charge in [-0.1, -0.05) is 18.2 Å². The van der Waals surface area contributed by atoms with Crippen LogP contribution in [0.2, 0.25) is 0 Å². The van der Waals surface area contributed by atoms with E-state index in [0.29, 0.717) is 30.3 Å². The molecule has 2 aromatic heterocycles. The van der Waals surface area contributed by atoms with Crippen LogP contribution < -0.4 is 0 Å². The molecule has 0 N–H and O–H groups in total. The highest BCUT2D eigenvalue weighted by Gasteiger charge is 2.32. The van der Waals surface area contributed by atoms with Crippen molar-refractivity contribution in [3.63, 3.8) is 0 Å². The van der Waals surface area contributed by atoms with Crippen molar-refractivity contribution in [1.29, 1.82) is 0 Å². The average molecular weight is 379 g/mol. The lowest BCUT2D eigenvalue weighted by Gasteiger charge is -2.33. The minimum absolute atomic E-state index is 0.0910. The van der Waals surface area contributed by atoms with E-state index in [1.54, 1.807) is 24.4 Å². The lowest BCUT2D eigenvalue weighted by atomic mass is 10.0. The van der Waals surface area contributed by atoms with E-state index in [2.05, 4.69) is 9.97 Å². The predicted molar refractivity (Wildman–Crippen MR) is 102 cm³/mol. The maximum atomic E-state index is 13.1. The Morgan fingerprint density at radius 3 is 2.82 bits per heavy atom. The summed E-state index contributed by atoms with van der Waals surface area (Å²) in [4.78, 5) is 23.7. The fraction of sp³-hybridized carbons (Fsp3) is 0.318. The Labute approximate surface area is 163 Å². The average Bonchev–Trinajstić information content (AvgIpc) is 3.17. The molecule has 0 unspecified atom stereocenters. The number of amides is 1. The number of piperidine rings is 1. The number of benzene rings is 1. The summed E-state index contributed by atoms with van der Waals surface area (Å²) >= 11 is 0. The van der Waals surface area contributed by atoms with Gasteiger partial charge in [0.1, 0.15) is 23.3 Å². The Morgan fingerprint density at radius 1 is 1.21 bits per heavy atom. The zero-order chi connectivity index (χ0) is 19.5. The van der Waals surface area contributed by atoms with E-state index in [9.17, 15) is 9.18 Å². The Morgan fingerprint density at radius 2 is 2.04 bits per heavy atom. The molecule has 1 atom stereocenters. The van der Waals surface area contributed by atoms with E-state index in [1.807, 2.05) is 24.0 Å². The highest BCUT2D eigenvalue weighted by Crippen LogP contribution is 2.32. The molecule has 28 heavy (non-hydrogen) atoms. The minimum Gasteiger partial charge on any atom is -0.443 e. The summed E-state index contributed by atoms with van der Waals surface area (Å²) in [6, 6.07) is 11.6. The highest BCUT2D eigenvalue weighted by molar-refractivity contribution is 5.92. The van der Waals surface area contributed by atoms with Crippen LogP contribution in [0, 0.1) is 12.7 Å². The van der Waals surface area contributed by atoms with Gasteiger partial charge in [-0.05, 0) is 56.0 Å². The first kappa shape index (κ1) is 18.3. The number of hydrogen-bond acceptors (Lipinski definition) is 4. The molecule has 0 radical (unpaired) electrons. The Hall–Kier alpha value is -3.02. The molecule has 5 nitrogen and oxygen atoms in total. The fourth-order valence-corrected chi connectivity index (χ4v) is 3.60. The van der Waals surface area contributed by atoms with E-state index in [0.717, 1.165) is 30.5 Å². The summed E-state index contributed by atoms with van der Waals surface area (Å²) in [6.45, 7) is 2.54. The van der Waals surface area contributed by atoms with Gasteiger partial charge in [0.15, 0.2) is 0 Å². The first-order valence-corrected chi connectivity index (χ1v) is 9.54. The first-order valence-electron chi connectivity index (χ1n) is 9.54. The Bertz CT molecular complexity index is 968. The number of rotatable bonds is 4. The Balaban J connectivity index is 1.54. The summed E-state index contributed by atoms with van der Waals surface area (Å²) in [6.07, 6.45) is 5.02. The van der Waals surface area contributed by atoms with Crippen LogP contribution in [-0.4, -0.2) is 27.3 Å². The summed E-state index contributed by atoms with van der Waals surface area (Å²) in [7, 11) is 0. The summed E-state index contributed by atoms with van der Waals surface area (Å²) in [5.41, 5.74) is 2.21. The number of halogens is 1. The maximum Gasteiger partial charge on any atom is 0.273 e. The van der Waals surface area contributed by atoms with Gasteiger partial charge in [0.25, 0.3) is 5.91 Å². The van der Waals surface area contributed by atoms with Gasteiger partial charge in [0.05, 0.1) is 6.20 Å². The molecule has 3 heterocycles. The van der Waals surface area contributed by atoms with Crippen molar-refractivity contribution in [2.45, 2.75) is 38.6 Å². The second kappa shape index (κ2) is 7.92. The van der Waals surface area contributed by atoms with Crippen LogP contribution in [0.25, 0.3) is 0 Å². The molecule has 1 aliphatic heterocycles. The van der Waals surface area contributed by atoms with Gasteiger partial charge in [-0.3, -0.25) is 4.79 Å². The van der Waals surface area contributed by atoms with Crippen molar-refractivity contribution in [3.05, 3.63) is 83.1 Å². The van der Waals surface area contributed by atoms with Crippen LogP contribution in [0.15, 0.2) is 53.1 Å². The lowest BCUT2D eigenvalue weighted by molar-refractivity contribution is 0.0563. The number of carbonyl (C=O) groups excluding carboxylic acids is 1. The molecule has 1 amide bonds. The monoisotopic (exact) mass is 379 g/mol. The lowest BCUT2D eigenvalue weighted by Crippen LogP contribution is -2.39. The Kier molecular flexibility index (Phi) is 5.19. The van der Waals surface area contributed by atoms with Crippen molar-refractivity contribution >= 4 is 5.91 Å². The largest absolute Gasteiger partial charge is 0.443 e. The number of aryl methyl sites for hydroxylation is 1. The van der Waals surface area contributed by atoms with Crippen LogP contribution in [0.3, 0.4) is 0 Å². The standard InChI is InChI=1S/C22H22FN3O2/c1-15-5-4-6-19(25-15)22(27)26-12-3-2-7-20(26)21-24-14-18(28-21)13-16-8-10-17(23)11-9-16/h4-6,8-11,14,20H,2-3,7,12-13H2,1H3/t20-/m0/s1. The molecule has 0 bridgehead atoms. The molecular formula is C22H22FN3O2. The van der Waals surface area contributed by atoms with Crippen molar-refractivity contribution in [3.8, 4) is 0 Å². The third-order valence-electron chi connectivity index (χ3n) is 5.02. The maximum absolute atomic E-state index is 13.1. The molecule has 1 aromatic carbocycles. The van der Waals surface area contributed by atoms with Gasteiger partial charge in [-0.25, -0.2) is 14.4 Å². The first-order chi connectivity index (χ1) is 13.6. The number of oxazole rings is 1. The summed E-state index contributed by atoms with van der Waals surface area (Å²) < 4.78 is 19.1. The topological polar surface area (TPSA) is 59.2 Å². The number of nitrogens with zero attached hydrogens (tertiary/aromatic N) is 3. The number of carbonyl (C=O) groups is 1. The smallest absolute Gasteiger partial charge is 0.273 e. The van der Waals surface area contributed by atoms with Crippen LogP contribution in [-0.2, 0) is 6.42 Å². The number of pyridine rings is 1. The molecule has 4 rings (SSSR count). The van der Waals surface area contributed by atoms with Crippen molar-refractivity contribution < 1.29 is 13.6 Å². The van der Waals surface area contributed by atoms with E-state index in [-0.39, 0.29) is 17.8 Å². The number of likely N-dealkylation sites (tertiary alicyclic amines) is 1. The minimum atomic E-state index is -0.261. The molecule has 1 saturated heterocycles. The van der Waals surface area contributed by atoms with Gasteiger partial charge in [0, 0.05) is 18.7 Å². The highest BCUT2D eigenvalue weighted by atomic mass is 19.1. The molecule has 3 aromatic rings. The van der Waals surface area contributed by atoms with Gasteiger partial charge >= 0.3 is 0 Å². The van der Waals surface area contributed by atoms with E-state index in [1.165, 1.54) is 12.1 Å². The van der Waals surface area contributed by atoms with Gasteiger partial charge in [-0.2, -0.15) is 0 Å². The number of aromatic nitrogens is 2. The third-order valence-corrected chi connectivity index (χ3v) is 5.02. The molecule has 0 aliphatic carbocycles. The predicted octanol–water partition coefficient (Wildman–Crippen LogP) is 4.48. The zero-order valence-corrected chi connectivity index (χ0v) is 15.8. The molecular weight excluding hydrogens is 357 g/mol. The molecule has 144 valence electrons. The summed E-state index contributed by atoms with van der Waals surface area (Å²) in [5.74, 6) is 0.904. The van der Waals surface area contributed by atoms with Crippen LogP contribution in [0.4, 0.5) is 4.39 Å². The van der Waals surface area contributed by atoms with Crippen molar-refractivity contribution in [2.24, 2.45) is 0 Å². The molecule has 0 spiro atoms. The number of hydrogen-bond donors (Lipinski definition) is 0. The van der Waals surface area contributed by atoms with Crippen LogP contribution in [0.5, 0.6) is 0 Å². The van der Waals surface area contributed by atoms with E-state index < -0.39 is 0 Å². The molecule has 1 fully saturated rings. The molecule has 1 aliphatic rings. The second-order valence-electron chi connectivity index (χ2n) is 7.14. The van der Waals surface area contributed by atoms with Crippen LogP contribution >= 0.6 is 0 Å². The SMILES string of the molecule is Cc1cccc(C(=O)N2CCCC[C@H]2c2ncc(Cc3ccc(F)cc3)o2)n1. The van der Waals surface area contributed by atoms with E-state index >= 15 is 0 Å². The van der Waals surface area contributed by atoms with Gasteiger partial charge in [0.2, 0.25) is 5.89 Å². The second-order valence-corrected chi connectivity index (χ2v) is 7.14. The zero-order valence-electron chi connectivity index (χ0n) is 15.8. The van der Waals surface area contributed by atoms with Crippen molar-refractivity contribution in [2.75, 3.05) is 6.54 Å². The van der Waals surface area contributed by atoms with Gasteiger partial charge in [-0.15, -0.1) is 0 Å². The van der Waals surface area contributed by atoms with Crippen molar-refractivity contribution in [1.82, 2.24) is 14.9 Å². The van der Waals surface area contributed by atoms with E-state index in [4.69, 9.17) is 4.42 Å². The molecule has 0 saturated carbocycles. The van der Waals surface area contributed by atoms with Crippen LogP contribution in [0.1, 0.15) is 58.7 Å². The summed E-state index contributed by atoms with van der Waals surface area (Å²) in [5, 5.41) is 0. The molecule has 6 heteroatoms. The quantitative estimate of drug-likeness (QED) is 0.671.